The molecule has 1 saturated heterocycles. The second-order valence-electron chi connectivity index (χ2n) is 7.52. The van der Waals surface area contributed by atoms with Gasteiger partial charge in [-0.15, -0.1) is 0 Å². The average molecular weight is 392 g/mol. The second-order valence-corrected chi connectivity index (χ2v) is 7.52. The summed E-state index contributed by atoms with van der Waals surface area (Å²) in [6, 6.07) is 9.75. The number of primary amides is 1. The van der Waals surface area contributed by atoms with Gasteiger partial charge in [-0.25, -0.2) is 4.79 Å². The predicted molar refractivity (Wildman–Crippen MR) is 108 cm³/mol. The monoisotopic (exact) mass is 391 g/mol. The molecule has 0 spiro atoms. The van der Waals surface area contributed by atoms with Gasteiger partial charge in [0.15, 0.2) is 0 Å². The molecular formula is C21H33N3O4. The molecule has 7 nitrogen and oxygen atoms in total. The highest BCUT2D eigenvalue weighted by atomic mass is 16.5. The number of amides is 2. The van der Waals surface area contributed by atoms with Crippen molar-refractivity contribution in [1.29, 1.82) is 0 Å². The number of hydrogen-bond acceptors (Lipinski definition) is 5. The maximum Gasteiger partial charge on any atom is 0.407 e. The van der Waals surface area contributed by atoms with Crippen molar-refractivity contribution in [3.63, 3.8) is 0 Å². The summed E-state index contributed by atoms with van der Waals surface area (Å²) in [5.41, 5.74) is 6.37. The minimum Gasteiger partial charge on any atom is -0.450 e. The maximum atomic E-state index is 12.0. The Kier molecular flexibility index (Phi) is 9.23. The third-order valence-electron chi connectivity index (χ3n) is 4.87. The second kappa shape index (κ2) is 11.7. The Morgan fingerprint density at radius 3 is 2.57 bits per heavy atom. The van der Waals surface area contributed by atoms with Crippen molar-refractivity contribution < 1.29 is 19.1 Å². The van der Waals surface area contributed by atoms with E-state index in [0.29, 0.717) is 26.4 Å². The number of alkyl carbamates (subject to hydrolysis) is 1. The normalized spacial score (nSPS) is 16.0. The van der Waals surface area contributed by atoms with Crippen molar-refractivity contribution in [2.75, 3.05) is 26.4 Å². The molecule has 1 aromatic rings. The number of carbonyl (C=O) groups excluding carboxylic acids is 2. The van der Waals surface area contributed by atoms with Crippen LogP contribution in [0.1, 0.15) is 44.6 Å². The molecule has 156 valence electrons. The van der Waals surface area contributed by atoms with Gasteiger partial charge in [-0.1, -0.05) is 56.5 Å². The zero-order valence-corrected chi connectivity index (χ0v) is 16.7. The van der Waals surface area contributed by atoms with Gasteiger partial charge < -0.3 is 25.8 Å². The summed E-state index contributed by atoms with van der Waals surface area (Å²) in [7, 11) is 0. The number of benzene rings is 1. The zero-order valence-electron chi connectivity index (χ0n) is 16.7. The van der Waals surface area contributed by atoms with Crippen molar-refractivity contribution in [3.05, 3.63) is 35.9 Å². The quantitative estimate of drug-likeness (QED) is 0.447. The standard InChI is InChI=1S/C21H33N3O4/c1-2-3-4-8-11-28-20(26)24-18(12-19(22)25)14-23-21(15-27-16-21)13-17-9-6-5-7-10-17/h5-7,9-10,18,23H,2-4,8,11-16H2,1H3,(H2,22,25)(H,24,26)/t18-/m1/s1. The Morgan fingerprint density at radius 2 is 1.96 bits per heavy atom. The van der Waals surface area contributed by atoms with Crippen LogP contribution in [0.25, 0.3) is 0 Å². The largest absolute Gasteiger partial charge is 0.450 e. The highest BCUT2D eigenvalue weighted by Gasteiger charge is 2.38. The molecule has 4 N–H and O–H groups in total. The minimum absolute atomic E-state index is 0.0558. The number of rotatable bonds is 13. The van der Waals surface area contributed by atoms with Crippen LogP contribution in [-0.4, -0.2) is 49.9 Å². The Balaban J connectivity index is 1.81. The van der Waals surface area contributed by atoms with E-state index < -0.39 is 18.0 Å². The van der Waals surface area contributed by atoms with Crippen LogP contribution in [0.2, 0.25) is 0 Å². The average Bonchev–Trinajstić information content (AvgIpc) is 2.64. The Morgan fingerprint density at radius 1 is 1.21 bits per heavy atom. The highest BCUT2D eigenvalue weighted by Crippen LogP contribution is 2.22. The molecule has 1 atom stereocenters. The smallest absolute Gasteiger partial charge is 0.407 e. The molecule has 2 amide bonds. The van der Waals surface area contributed by atoms with Gasteiger partial charge in [0.1, 0.15) is 0 Å². The van der Waals surface area contributed by atoms with E-state index in [1.807, 2.05) is 18.2 Å². The van der Waals surface area contributed by atoms with E-state index in [4.69, 9.17) is 15.2 Å². The van der Waals surface area contributed by atoms with Gasteiger partial charge in [0.2, 0.25) is 5.91 Å². The lowest BCUT2D eigenvalue weighted by Gasteiger charge is -2.43. The van der Waals surface area contributed by atoms with Gasteiger partial charge in [-0.05, 0) is 18.4 Å². The van der Waals surface area contributed by atoms with Crippen LogP contribution in [0.5, 0.6) is 0 Å². The lowest BCUT2D eigenvalue weighted by molar-refractivity contribution is -0.118. The van der Waals surface area contributed by atoms with E-state index >= 15 is 0 Å². The number of carbonyl (C=O) groups is 2. The van der Waals surface area contributed by atoms with Gasteiger partial charge in [0.05, 0.1) is 31.4 Å². The summed E-state index contributed by atoms with van der Waals surface area (Å²) >= 11 is 0. The lowest BCUT2D eigenvalue weighted by Crippen LogP contribution is -2.64. The van der Waals surface area contributed by atoms with Crippen LogP contribution in [0.15, 0.2) is 30.3 Å². The number of hydrogen-bond donors (Lipinski definition) is 3. The van der Waals surface area contributed by atoms with E-state index in [9.17, 15) is 9.59 Å². The first-order valence-corrected chi connectivity index (χ1v) is 10.1. The molecule has 0 unspecified atom stereocenters. The molecule has 1 aromatic carbocycles. The van der Waals surface area contributed by atoms with Gasteiger partial charge >= 0.3 is 6.09 Å². The molecule has 1 heterocycles. The Labute approximate surface area is 167 Å². The van der Waals surface area contributed by atoms with Gasteiger partial charge in [0.25, 0.3) is 0 Å². The first-order chi connectivity index (χ1) is 13.5. The summed E-state index contributed by atoms with van der Waals surface area (Å²) in [4.78, 5) is 23.4. The van der Waals surface area contributed by atoms with Gasteiger partial charge in [0, 0.05) is 13.0 Å². The molecule has 0 radical (unpaired) electrons. The fourth-order valence-corrected chi connectivity index (χ4v) is 3.26. The van der Waals surface area contributed by atoms with Crippen molar-refractivity contribution in [1.82, 2.24) is 10.6 Å². The predicted octanol–water partition coefficient (Wildman–Crippen LogP) is 2.14. The lowest BCUT2D eigenvalue weighted by atomic mass is 9.88. The van der Waals surface area contributed by atoms with Crippen LogP contribution in [-0.2, 0) is 20.7 Å². The Hall–Kier alpha value is -2.12. The third kappa shape index (κ3) is 7.86. The maximum absolute atomic E-state index is 12.0. The first-order valence-electron chi connectivity index (χ1n) is 10.1. The fraction of sp³-hybridized carbons (Fsp3) is 0.619. The molecule has 0 saturated carbocycles. The van der Waals surface area contributed by atoms with Gasteiger partial charge in [-0.3, -0.25) is 4.79 Å². The number of nitrogens with two attached hydrogens (primary N) is 1. The molecule has 0 aliphatic carbocycles. The SMILES string of the molecule is CCCCCCOC(=O)N[C@@H](CNC1(Cc2ccccc2)COC1)CC(N)=O. The summed E-state index contributed by atoms with van der Waals surface area (Å²) in [6.45, 7) is 4.12. The minimum atomic E-state index is -0.508. The third-order valence-corrected chi connectivity index (χ3v) is 4.87. The number of nitrogens with one attached hydrogen (secondary N) is 2. The van der Waals surface area contributed by atoms with E-state index in [-0.39, 0.29) is 12.0 Å². The topological polar surface area (TPSA) is 103 Å². The van der Waals surface area contributed by atoms with Crippen molar-refractivity contribution in [2.45, 2.75) is 57.0 Å². The first kappa shape index (κ1) is 22.2. The van der Waals surface area contributed by atoms with Crippen molar-refractivity contribution in [3.8, 4) is 0 Å². The molecule has 1 aliphatic rings. The van der Waals surface area contributed by atoms with Gasteiger partial charge in [-0.2, -0.15) is 0 Å². The van der Waals surface area contributed by atoms with Crippen LogP contribution in [0, 0.1) is 0 Å². The van der Waals surface area contributed by atoms with Crippen LogP contribution in [0.3, 0.4) is 0 Å². The van der Waals surface area contributed by atoms with Crippen LogP contribution in [0.4, 0.5) is 4.79 Å². The number of unbranched alkanes of at least 4 members (excludes halogenated alkanes) is 3. The molecule has 1 fully saturated rings. The molecule has 0 aromatic heterocycles. The highest BCUT2D eigenvalue weighted by molar-refractivity contribution is 5.76. The van der Waals surface area contributed by atoms with E-state index in [0.717, 1.165) is 32.1 Å². The molecule has 7 heteroatoms. The molecule has 1 aliphatic heterocycles. The van der Waals surface area contributed by atoms with Crippen LogP contribution >= 0.6 is 0 Å². The fourth-order valence-electron chi connectivity index (χ4n) is 3.26. The summed E-state index contributed by atoms with van der Waals surface area (Å²) in [5.74, 6) is -0.461. The molecule has 28 heavy (non-hydrogen) atoms. The molecule has 2 rings (SSSR count). The summed E-state index contributed by atoms with van der Waals surface area (Å²) < 4.78 is 10.6. The van der Waals surface area contributed by atoms with Crippen LogP contribution < -0.4 is 16.4 Å². The molecular weight excluding hydrogens is 358 g/mol. The van der Waals surface area contributed by atoms with E-state index in [1.165, 1.54) is 5.56 Å². The summed E-state index contributed by atoms with van der Waals surface area (Å²) in [6.07, 6.45) is 4.51. The van der Waals surface area contributed by atoms with Crippen molar-refractivity contribution in [2.24, 2.45) is 5.73 Å². The van der Waals surface area contributed by atoms with E-state index in [2.05, 4.69) is 29.7 Å². The number of ether oxygens (including phenoxy) is 2. The van der Waals surface area contributed by atoms with E-state index in [1.54, 1.807) is 0 Å². The summed E-state index contributed by atoms with van der Waals surface area (Å²) in [5, 5.41) is 6.23. The Bertz CT molecular complexity index is 605. The van der Waals surface area contributed by atoms with Crippen molar-refractivity contribution >= 4 is 12.0 Å². The zero-order chi connectivity index (χ0) is 20.2. The molecule has 0 bridgehead atoms.